The van der Waals surface area contributed by atoms with Crippen molar-refractivity contribution in [3.8, 4) is 11.8 Å². The van der Waals surface area contributed by atoms with E-state index in [2.05, 4.69) is 25.7 Å². The number of rotatable bonds is 1. The fourth-order valence-electron chi connectivity index (χ4n) is 0.795. The normalized spacial score (nSPS) is 10.9. The quantitative estimate of drug-likeness (QED) is 0.857. The lowest BCUT2D eigenvalue weighted by molar-refractivity contribution is -0.274. The van der Waals surface area contributed by atoms with E-state index in [0.717, 1.165) is 6.07 Å². The minimum atomic E-state index is -4.85. The van der Waals surface area contributed by atoms with E-state index >= 15 is 0 Å². The Balaban J connectivity index is 3.16. The first-order valence-electron chi connectivity index (χ1n) is 3.45. The van der Waals surface area contributed by atoms with Crippen molar-refractivity contribution in [1.29, 1.82) is 5.26 Å². The molecule has 0 saturated carbocycles. The summed E-state index contributed by atoms with van der Waals surface area (Å²) in [5, 5.41) is 8.46. The molecule has 0 unspecified atom stereocenters. The first kappa shape index (κ1) is 11.6. The van der Waals surface area contributed by atoms with E-state index < -0.39 is 17.9 Å². The van der Waals surface area contributed by atoms with Gasteiger partial charge in [-0.15, -0.1) is 13.2 Å². The van der Waals surface area contributed by atoms with Crippen LogP contribution < -0.4 is 10.5 Å². The van der Waals surface area contributed by atoms with E-state index in [0.29, 0.717) is 0 Å². The van der Waals surface area contributed by atoms with E-state index in [1.807, 2.05) is 0 Å². The molecule has 0 saturated heterocycles. The molecule has 1 aromatic heterocycles. The third-order valence-corrected chi connectivity index (χ3v) is 1.88. The minimum absolute atomic E-state index is 0.0797. The number of nitriles is 1. The summed E-state index contributed by atoms with van der Waals surface area (Å²) >= 11 is 2.80. The fraction of sp³-hybridized carbons (Fsp3) is 0.143. The monoisotopic (exact) mass is 281 g/mol. The standard InChI is InChI=1S/C7H3BrF3N3O/c8-4-1-3(2-12)14-6(13)5(4)15-7(9,10)11/h1H,(H2,13,14). The van der Waals surface area contributed by atoms with Crippen molar-refractivity contribution in [1.82, 2.24) is 4.98 Å². The van der Waals surface area contributed by atoms with Crippen LogP contribution in [0.3, 0.4) is 0 Å². The summed E-state index contributed by atoms with van der Waals surface area (Å²) in [6, 6.07) is 2.72. The topological polar surface area (TPSA) is 71.9 Å². The molecule has 0 aliphatic rings. The largest absolute Gasteiger partial charge is 0.573 e. The second-order valence-corrected chi connectivity index (χ2v) is 3.22. The SMILES string of the molecule is N#Cc1cc(Br)c(OC(F)(F)F)c(N)n1. The van der Waals surface area contributed by atoms with E-state index in [1.54, 1.807) is 6.07 Å². The van der Waals surface area contributed by atoms with Crippen LogP contribution >= 0.6 is 15.9 Å². The van der Waals surface area contributed by atoms with Gasteiger partial charge in [-0.05, 0) is 22.0 Å². The summed E-state index contributed by atoms with van der Waals surface area (Å²) < 4.78 is 39.2. The molecule has 0 atom stereocenters. The Hall–Kier alpha value is -1.49. The van der Waals surface area contributed by atoms with Gasteiger partial charge in [0.25, 0.3) is 0 Å². The van der Waals surface area contributed by atoms with Crippen LogP contribution in [0.4, 0.5) is 19.0 Å². The number of anilines is 1. The Bertz CT molecular complexity index is 403. The van der Waals surface area contributed by atoms with Crippen LogP contribution in [0.15, 0.2) is 10.5 Å². The highest BCUT2D eigenvalue weighted by atomic mass is 79.9. The van der Waals surface area contributed by atoms with Gasteiger partial charge in [0.05, 0.1) is 4.47 Å². The van der Waals surface area contributed by atoms with Crippen molar-refractivity contribution in [2.24, 2.45) is 0 Å². The van der Waals surface area contributed by atoms with Crippen molar-refractivity contribution in [2.45, 2.75) is 6.36 Å². The van der Waals surface area contributed by atoms with Gasteiger partial charge in [0.2, 0.25) is 0 Å². The predicted molar refractivity (Wildman–Crippen MR) is 47.7 cm³/mol. The highest BCUT2D eigenvalue weighted by molar-refractivity contribution is 9.10. The molecule has 0 fully saturated rings. The van der Waals surface area contributed by atoms with Gasteiger partial charge in [-0.3, -0.25) is 0 Å². The average molecular weight is 282 g/mol. The van der Waals surface area contributed by atoms with E-state index in [4.69, 9.17) is 11.0 Å². The molecular formula is C7H3BrF3N3O. The zero-order valence-electron chi connectivity index (χ0n) is 6.97. The summed E-state index contributed by atoms with van der Waals surface area (Å²) in [7, 11) is 0. The van der Waals surface area contributed by atoms with Crippen molar-refractivity contribution in [3.63, 3.8) is 0 Å². The van der Waals surface area contributed by atoms with Gasteiger partial charge < -0.3 is 10.5 Å². The number of alkyl halides is 3. The van der Waals surface area contributed by atoms with Crippen LogP contribution in [0.2, 0.25) is 0 Å². The Morgan fingerprint density at radius 3 is 2.53 bits per heavy atom. The molecule has 80 valence electrons. The number of ether oxygens (including phenoxy) is 1. The number of nitrogen functional groups attached to an aromatic ring is 1. The van der Waals surface area contributed by atoms with Crippen molar-refractivity contribution >= 4 is 21.7 Å². The molecule has 0 radical (unpaired) electrons. The maximum atomic E-state index is 11.9. The third-order valence-electron chi connectivity index (χ3n) is 1.29. The van der Waals surface area contributed by atoms with Gasteiger partial charge in [0, 0.05) is 0 Å². The number of pyridine rings is 1. The molecule has 15 heavy (non-hydrogen) atoms. The number of nitrogens with zero attached hydrogens (tertiary/aromatic N) is 2. The second kappa shape index (κ2) is 3.94. The minimum Gasteiger partial charge on any atom is -0.401 e. The molecule has 0 bridgehead atoms. The van der Waals surface area contributed by atoms with Crippen molar-refractivity contribution in [2.75, 3.05) is 5.73 Å². The fourth-order valence-corrected chi connectivity index (χ4v) is 1.30. The van der Waals surface area contributed by atoms with Crippen molar-refractivity contribution in [3.05, 3.63) is 16.2 Å². The summed E-state index contributed by atoms with van der Waals surface area (Å²) in [6.07, 6.45) is -4.85. The lowest BCUT2D eigenvalue weighted by atomic mass is 10.3. The molecule has 2 N–H and O–H groups in total. The summed E-state index contributed by atoms with van der Waals surface area (Å²) in [6.45, 7) is 0. The first-order chi connectivity index (χ1) is 6.83. The van der Waals surface area contributed by atoms with Crippen LogP contribution in [0.1, 0.15) is 5.69 Å². The van der Waals surface area contributed by atoms with Crippen LogP contribution in [-0.4, -0.2) is 11.3 Å². The number of hydrogen-bond acceptors (Lipinski definition) is 4. The molecule has 1 aromatic rings. The van der Waals surface area contributed by atoms with Crippen LogP contribution in [-0.2, 0) is 0 Å². The van der Waals surface area contributed by atoms with Crippen LogP contribution in [0.25, 0.3) is 0 Å². The average Bonchev–Trinajstić information content (AvgIpc) is 2.09. The van der Waals surface area contributed by atoms with Gasteiger partial charge in [0.1, 0.15) is 11.8 Å². The van der Waals surface area contributed by atoms with Crippen molar-refractivity contribution < 1.29 is 17.9 Å². The van der Waals surface area contributed by atoms with E-state index in [1.165, 1.54) is 0 Å². The Morgan fingerprint density at radius 2 is 2.13 bits per heavy atom. The molecular weight excluding hydrogens is 279 g/mol. The summed E-state index contributed by atoms with van der Waals surface area (Å²) in [4.78, 5) is 3.40. The lowest BCUT2D eigenvalue weighted by Crippen LogP contribution is -2.18. The zero-order chi connectivity index (χ0) is 11.6. The zero-order valence-corrected chi connectivity index (χ0v) is 8.56. The molecule has 4 nitrogen and oxygen atoms in total. The Morgan fingerprint density at radius 1 is 1.53 bits per heavy atom. The predicted octanol–water partition coefficient (Wildman–Crippen LogP) is 2.20. The number of nitrogens with two attached hydrogens (primary N) is 1. The lowest BCUT2D eigenvalue weighted by Gasteiger charge is -2.11. The van der Waals surface area contributed by atoms with Gasteiger partial charge >= 0.3 is 6.36 Å². The molecule has 1 heterocycles. The summed E-state index contributed by atoms with van der Waals surface area (Å²) in [5.41, 5.74) is 5.08. The smallest absolute Gasteiger partial charge is 0.401 e. The van der Waals surface area contributed by atoms with Crippen LogP contribution in [0.5, 0.6) is 5.75 Å². The number of halogens is 4. The van der Waals surface area contributed by atoms with Gasteiger partial charge in [-0.1, -0.05) is 0 Å². The second-order valence-electron chi connectivity index (χ2n) is 2.36. The summed E-state index contributed by atoms with van der Waals surface area (Å²) in [5.74, 6) is -1.15. The molecule has 0 amide bonds. The molecule has 8 heteroatoms. The molecule has 0 aromatic carbocycles. The molecule has 1 rings (SSSR count). The van der Waals surface area contributed by atoms with Gasteiger partial charge in [-0.25, -0.2) is 4.98 Å². The van der Waals surface area contributed by atoms with E-state index in [9.17, 15) is 13.2 Å². The Kier molecular flexibility index (Phi) is 3.04. The maximum absolute atomic E-state index is 11.9. The van der Waals surface area contributed by atoms with Gasteiger partial charge in [0.15, 0.2) is 11.6 Å². The van der Waals surface area contributed by atoms with Gasteiger partial charge in [-0.2, -0.15) is 5.26 Å². The van der Waals surface area contributed by atoms with Crippen LogP contribution in [0, 0.1) is 11.3 Å². The molecule has 0 aliphatic carbocycles. The van der Waals surface area contributed by atoms with E-state index in [-0.39, 0.29) is 10.2 Å². The maximum Gasteiger partial charge on any atom is 0.573 e. The number of hydrogen-bond donors (Lipinski definition) is 1. The number of aromatic nitrogens is 1. The highest BCUT2D eigenvalue weighted by Gasteiger charge is 2.33. The molecule has 0 spiro atoms. The highest BCUT2D eigenvalue weighted by Crippen LogP contribution is 2.34. The molecule has 0 aliphatic heterocycles. The Labute approximate surface area is 90.6 Å². The third kappa shape index (κ3) is 2.99. The first-order valence-corrected chi connectivity index (χ1v) is 4.24.